The number of hydrogen-bond donors (Lipinski definition) is 1. The third-order valence-electron chi connectivity index (χ3n) is 5.14. The highest BCUT2D eigenvalue weighted by molar-refractivity contribution is 6.05. The van der Waals surface area contributed by atoms with Crippen LogP contribution in [0.3, 0.4) is 0 Å². The van der Waals surface area contributed by atoms with Gasteiger partial charge in [0.15, 0.2) is 24.3 Å². The van der Waals surface area contributed by atoms with E-state index < -0.39 is 18.0 Å². The molecule has 0 aliphatic carbocycles. The molecule has 2 aromatic rings. The summed E-state index contributed by atoms with van der Waals surface area (Å²) < 4.78 is 25.5. The number of aliphatic imine (C=N–C) groups is 1. The van der Waals surface area contributed by atoms with E-state index in [0.717, 1.165) is 5.56 Å². The zero-order valence-electron chi connectivity index (χ0n) is 14.0. The molecule has 5 rings (SSSR count). The lowest BCUT2D eigenvalue weighted by molar-refractivity contribution is -0.122. The van der Waals surface area contributed by atoms with Gasteiger partial charge in [-0.3, -0.25) is 4.79 Å². The summed E-state index contributed by atoms with van der Waals surface area (Å²) in [4.78, 5) is 18.9. The molecule has 0 radical (unpaired) electrons. The summed E-state index contributed by atoms with van der Waals surface area (Å²) in [5, 5.41) is 0. The summed E-state index contributed by atoms with van der Waals surface area (Å²) in [6.07, 6.45) is 0.894. The summed E-state index contributed by atoms with van der Waals surface area (Å²) in [6, 6.07) is 7.72. The summed E-state index contributed by atoms with van der Waals surface area (Å²) in [5.41, 5.74) is 8.57. The van der Waals surface area contributed by atoms with Crippen LogP contribution >= 0.6 is 0 Å². The van der Waals surface area contributed by atoms with E-state index in [4.69, 9.17) is 15.2 Å². The first kappa shape index (κ1) is 15.2. The molecule has 2 N–H and O–H groups in total. The first-order valence-electron chi connectivity index (χ1n) is 8.41. The molecule has 0 saturated carbocycles. The Labute approximate surface area is 149 Å². The van der Waals surface area contributed by atoms with Crippen molar-refractivity contribution in [2.45, 2.75) is 25.1 Å². The summed E-state index contributed by atoms with van der Waals surface area (Å²) in [6.45, 7) is 2.29. The van der Waals surface area contributed by atoms with Gasteiger partial charge in [0.05, 0.1) is 17.4 Å². The van der Waals surface area contributed by atoms with Gasteiger partial charge in [0.1, 0.15) is 12.4 Å². The van der Waals surface area contributed by atoms with Crippen molar-refractivity contribution in [3.63, 3.8) is 0 Å². The fourth-order valence-corrected chi connectivity index (χ4v) is 3.86. The Morgan fingerprint density at radius 2 is 2.15 bits per heavy atom. The Hall–Kier alpha value is -3.09. The van der Waals surface area contributed by atoms with Crippen molar-refractivity contribution in [3.05, 3.63) is 41.7 Å². The Morgan fingerprint density at radius 1 is 1.31 bits per heavy atom. The molecule has 1 amide bonds. The van der Waals surface area contributed by atoms with E-state index in [0.29, 0.717) is 29.2 Å². The van der Waals surface area contributed by atoms with Crippen LogP contribution in [-0.4, -0.2) is 31.0 Å². The molecule has 2 aromatic carbocycles. The van der Waals surface area contributed by atoms with E-state index in [1.54, 1.807) is 11.0 Å². The molecule has 3 aliphatic heterocycles. The van der Waals surface area contributed by atoms with Crippen LogP contribution in [-0.2, 0) is 9.53 Å². The number of rotatable bonds is 1. The van der Waals surface area contributed by atoms with Crippen molar-refractivity contribution in [3.8, 4) is 16.9 Å². The number of fused-ring (bicyclic) bond motifs is 2. The number of carbonyl (C=O) groups is 1. The van der Waals surface area contributed by atoms with Crippen molar-refractivity contribution in [2.24, 2.45) is 4.99 Å². The fraction of sp³-hybridized carbons (Fsp3) is 0.263. The molecular formula is C19H16FN3O3. The number of carbonyl (C=O) groups excluding carboxylic acids is 1. The van der Waals surface area contributed by atoms with E-state index in [-0.39, 0.29) is 17.6 Å². The number of nitrogens with two attached hydrogens (primary N) is 1. The van der Waals surface area contributed by atoms with Gasteiger partial charge in [0, 0.05) is 11.1 Å². The summed E-state index contributed by atoms with van der Waals surface area (Å²) >= 11 is 0. The topological polar surface area (TPSA) is 77.2 Å². The van der Waals surface area contributed by atoms with Crippen molar-refractivity contribution in [1.82, 2.24) is 0 Å². The largest absolute Gasteiger partial charge is 0.489 e. The number of benzene rings is 2. The van der Waals surface area contributed by atoms with Gasteiger partial charge < -0.3 is 20.1 Å². The fourth-order valence-electron chi connectivity index (χ4n) is 3.86. The number of nitrogens with zero attached hydrogens (tertiary/aromatic N) is 2. The average Bonchev–Trinajstić information content (AvgIpc) is 3.12. The Kier molecular flexibility index (Phi) is 3.04. The van der Waals surface area contributed by atoms with Gasteiger partial charge in [0.2, 0.25) is 0 Å². The maximum Gasteiger partial charge on any atom is 0.256 e. The van der Waals surface area contributed by atoms with Crippen LogP contribution in [0.15, 0.2) is 35.3 Å². The minimum Gasteiger partial charge on any atom is -0.489 e. The molecule has 0 spiro atoms. The minimum atomic E-state index is -0.560. The van der Waals surface area contributed by atoms with Crippen molar-refractivity contribution >= 4 is 23.7 Å². The number of amides is 1. The second kappa shape index (κ2) is 5.20. The zero-order valence-corrected chi connectivity index (χ0v) is 14.0. The maximum absolute atomic E-state index is 14.0. The van der Waals surface area contributed by atoms with Crippen LogP contribution in [0.1, 0.15) is 18.6 Å². The van der Waals surface area contributed by atoms with Gasteiger partial charge in [0.25, 0.3) is 5.91 Å². The third kappa shape index (κ3) is 1.91. The molecule has 0 aromatic heterocycles. The first-order chi connectivity index (χ1) is 12.6. The second-order valence-corrected chi connectivity index (χ2v) is 6.74. The molecular weight excluding hydrogens is 337 g/mol. The molecule has 2 unspecified atom stereocenters. The lowest BCUT2D eigenvalue weighted by Crippen LogP contribution is -2.53. The van der Waals surface area contributed by atoms with Gasteiger partial charge in [-0.25, -0.2) is 9.38 Å². The quantitative estimate of drug-likeness (QED) is 0.800. The van der Waals surface area contributed by atoms with Gasteiger partial charge >= 0.3 is 0 Å². The first-order valence-corrected chi connectivity index (χ1v) is 8.41. The van der Waals surface area contributed by atoms with E-state index in [1.165, 1.54) is 18.5 Å². The standard InChI is InChI=1S/C19H16FN3O3/c1-9-7-25-18-11(10-2-5-14(21)13(20)6-10)3-4-12-16(18)23(9)19(24)15-17(12)26-8-22-15/h2-6,8-9,15,17H,7,21H2,1H3/t9-,15?,17?/m0/s1. The minimum absolute atomic E-state index is 0.0889. The van der Waals surface area contributed by atoms with Crippen LogP contribution < -0.4 is 15.4 Å². The predicted molar refractivity (Wildman–Crippen MR) is 94.8 cm³/mol. The van der Waals surface area contributed by atoms with Crippen LogP contribution in [0.4, 0.5) is 15.8 Å². The van der Waals surface area contributed by atoms with Gasteiger partial charge in [-0.1, -0.05) is 18.2 Å². The van der Waals surface area contributed by atoms with Crippen molar-refractivity contribution in [2.75, 3.05) is 17.2 Å². The lowest BCUT2D eigenvalue weighted by atomic mass is 9.89. The predicted octanol–water partition coefficient (Wildman–Crippen LogP) is 2.67. The van der Waals surface area contributed by atoms with Crippen LogP contribution in [0.2, 0.25) is 0 Å². The molecule has 3 atom stereocenters. The van der Waals surface area contributed by atoms with Crippen LogP contribution in [0.5, 0.6) is 5.75 Å². The molecule has 3 aliphatic rings. The normalized spacial score (nSPS) is 25.4. The molecule has 132 valence electrons. The van der Waals surface area contributed by atoms with Gasteiger partial charge in [-0.05, 0) is 24.6 Å². The van der Waals surface area contributed by atoms with Crippen LogP contribution in [0.25, 0.3) is 11.1 Å². The second-order valence-electron chi connectivity index (χ2n) is 6.74. The van der Waals surface area contributed by atoms with Crippen LogP contribution in [0, 0.1) is 5.82 Å². The summed E-state index contributed by atoms with van der Waals surface area (Å²) in [5.74, 6) is -0.0295. The number of halogens is 1. The highest BCUT2D eigenvalue weighted by atomic mass is 19.1. The van der Waals surface area contributed by atoms with E-state index >= 15 is 0 Å². The molecule has 6 nitrogen and oxygen atoms in total. The number of ether oxygens (including phenoxy) is 2. The molecule has 3 heterocycles. The number of nitrogen functional groups attached to an aromatic ring is 1. The SMILES string of the molecule is C[C@H]1COc2c(-c3ccc(N)c(F)c3)ccc3c2N1C(=O)C1N=COC31. The lowest BCUT2D eigenvalue weighted by Gasteiger charge is -2.42. The van der Waals surface area contributed by atoms with E-state index in [1.807, 2.05) is 19.1 Å². The highest BCUT2D eigenvalue weighted by Crippen LogP contribution is 2.51. The van der Waals surface area contributed by atoms with E-state index in [9.17, 15) is 9.18 Å². The monoisotopic (exact) mass is 353 g/mol. The number of anilines is 2. The smallest absolute Gasteiger partial charge is 0.256 e. The van der Waals surface area contributed by atoms with Crippen molar-refractivity contribution in [1.29, 1.82) is 0 Å². The zero-order chi connectivity index (χ0) is 18.0. The summed E-state index contributed by atoms with van der Waals surface area (Å²) in [7, 11) is 0. The Bertz CT molecular complexity index is 975. The Balaban J connectivity index is 1.74. The van der Waals surface area contributed by atoms with Gasteiger partial charge in [-0.2, -0.15) is 0 Å². The third-order valence-corrected chi connectivity index (χ3v) is 5.14. The highest BCUT2D eigenvalue weighted by Gasteiger charge is 2.48. The molecule has 26 heavy (non-hydrogen) atoms. The molecule has 0 fully saturated rings. The molecule has 0 bridgehead atoms. The maximum atomic E-state index is 14.0. The van der Waals surface area contributed by atoms with E-state index in [2.05, 4.69) is 4.99 Å². The molecule has 0 saturated heterocycles. The Morgan fingerprint density at radius 3 is 2.96 bits per heavy atom. The molecule has 7 heteroatoms. The van der Waals surface area contributed by atoms with Gasteiger partial charge in [-0.15, -0.1) is 0 Å². The van der Waals surface area contributed by atoms with Crippen molar-refractivity contribution < 1.29 is 18.7 Å². The average molecular weight is 353 g/mol. The number of hydrogen-bond acceptors (Lipinski definition) is 5.